The number of benzene rings is 1. The van der Waals surface area contributed by atoms with Crippen molar-refractivity contribution in [1.82, 2.24) is 0 Å². The van der Waals surface area contributed by atoms with Crippen LogP contribution >= 0.6 is 11.3 Å². The molecule has 0 saturated heterocycles. The van der Waals surface area contributed by atoms with E-state index in [0.717, 1.165) is 10.4 Å². The van der Waals surface area contributed by atoms with E-state index >= 15 is 0 Å². The molecule has 0 unspecified atom stereocenters. The van der Waals surface area contributed by atoms with Crippen LogP contribution < -0.4 is 0 Å². The highest BCUT2D eigenvalue weighted by atomic mass is 32.1. The third-order valence-corrected chi connectivity index (χ3v) is 3.16. The molecular formula is C12H8FNS. The fourth-order valence-corrected chi connectivity index (χ4v) is 2.22. The lowest BCUT2D eigenvalue weighted by Gasteiger charge is -1.98. The number of nitrogens with zero attached hydrogens (tertiary/aromatic N) is 1. The van der Waals surface area contributed by atoms with Crippen molar-refractivity contribution in [3.8, 4) is 16.5 Å². The van der Waals surface area contributed by atoms with Gasteiger partial charge < -0.3 is 0 Å². The third-order valence-electron chi connectivity index (χ3n) is 2.11. The van der Waals surface area contributed by atoms with Crippen LogP contribution in [-0.2, 0) is 0 Å². The molecule has 1 heterocycles. The van der Waals surface area contributed by atoms with E-state index < -0.39 is 5.82 Å². The molecule has 0 fully saturated rings. The highest BCUT2D eigenvalue weighted by Gasteiger charge is 2.05. The molecule has 2 rings (SSSR count). The summed E-state index contributed by atoms with van der Waals surface area (Å²) in [5.41, 5.74) is 0.990. The van der Waals surface area contributed by atoms with Crippen LogP contribution in [0.5, 0.6) is 0 Å². The Bertz CT molecular complexity index is 537. The SMILES string of the molecule is Cc1ccc(-c2ccc(F)c(C#N)c2)s1. The van der Waals surface area contributed by atoms with E-state index in [1.165, 1.54) is 10.9 Å². The minimum absolute atomic E-state index is 0.0959. The Labute approximate surface area is 91.4 Å². The van der Waals surface area contributed by atoms with E-state index in [1.807, 2.05) is 25.1 Å². The summed E-state index contributed by atoms with van der Waals surface area (Å²) >= 11 is 1.63. The van der Waals surface area contributed by atoms with Gasteiger partial charge >= 0.3 is 0 Å². The molecule has 0 amide bonds. The van der Waals surface area contributed by atoms with Crippen LogP contribution in [0.2, 0.25) is 0 Å². The fraction of sp³-hybridized carbons (Fsp3) is 0.0833. The van der Waals surface area contributed by atoms with Gasteiger partial charge in [0, 0.05) is 9.75 Å². The zero-order valence-corrected chi connectivity index (χ0v) is 8.94. The summed E-state index contributed by atoms with van der Waals surface area (Å²) in [5, 5.41) is 8.71. The zero-order chi connectivity index (χ0) is 10.8. The Hall–Kier alpha value is -1.66. The summed E-state index contributed by atoms with van der Waals surface area (Å²) in [4.78, 5) is 2.26. The topological polar surface area (TPSA) is 23.8 Å². The van der Waals surface area contributed by atoms with Crippen molar-refractivity contribution >= 4 is 11.3 Å². The maximum absolute atomic E-state index is 13.1. The van der Waals surface area contributed by atoms with Gasteiger partial charge in [0.05, 0.1) is 5.56 Å². The van der Waals surface area contributed by atoms with Gasteiger partial charge in [-0.25, -0.2) is 4.39 Å². The molecule has 74 valence electrons. The monoisotopic (exact) mass is 217 g/mol. The molecule has 15 heavy (non-hydrogen) atoms. The highest BCUT2D eigenvalue weighted by Crippen LogP contribution is 2.28. The molecule has 0 atom stereocenters. The van der Waals surface area contributed by atoms with Crippen molar-refractivity contribution in [3.63, 3.8) is 0 Å². The van der Waals surface area contributed by atoms with Crippen LogP contribution in [0.25, 0.3) is 10.4 Å². The minimum atomic E-state index is -0.463. The smallest absolute Gasteiger partial charge is 0.140 e. The normalized spacial score (nSPS) is 9.93. The Morgan fingerprint density at radius 1 is 1.27 bits per heavy atom. The van der Waals surface area contributed by atoms with Crippen molar-refractivity contribution in [3.05, 3.63) is 46.6 Å². The van der Waals surface area contributed by atoms with Crippen molar-refractivity contribution in [2.45, 2.75) is 6.92 Å². The lowest BCUT2D eigenvalue weighted by molar-refractivity contribution is 0.624. The van der Waals surface area contributed by atoms with Gasteiger partial charge in [0.1, 0.15) is 11.9 Å². The minimum Gasteiger partial charge on any atom is -0.206 e. The summed E-state index contributed by atoms with van der Waals surface area (Å²) in [6.45, 7) is 2.02. The fourth-order valence-electron chi connectivity index (χ4n) is 1.35. The predicted molar refractivity (Wildman–Crippen MR) is 59.2 cm³/mol. The molecule has 1 nitrogen and oxygen atoms in total. The standard InChI is InChI=1S/C12H8FNS/c1-8-2-5-12(15-8)9-3-4-11(13)10(6-9)7-14/h2-6H,1H3. The summed E-state index contributed by atoms with van der Waals surface area (Å²) in [5.74, 6) is -0.463. The van der Waals surface area contributed by atoms with Crippen molar-refractivity contribution in [2.24, 2.45) is 0 Å². The van der Waals surface area contributed by atoms with Gasteiger partial charge in [0.15, 0.2) is 0 Å². The van der Waals surface area contributed by atoms with Crippen LogP contribution in [-0.4, -0.2) is 0 Å². The van der Waals surface area contributed by atoms with Gasteiger partial charge in [-0.15, -0.1) is 11.3 Å². The lowest BCUT2D eigenvalue weighted by atomic mass is 10.1. The van der Waals surface area contributed by atoms with E-state index in [1.54, 1.807) is 23.5 Å². The summed E-state index contributed by atoms with van der Waals surface area (Å²) in [6.07, 6.45) is 0. The molecule has 1 aromatic carbocycles. The summed E-state index contributed by atoms with van der Waals surface area (Å²) in [6, 6.07) is 10.4. The number of aryl methyl sites for hydroxylation is 1. The second-order valence-corrected chi connectivity index (χ2v) is 4.50. The molecule has 3 heteroatoms. The van der Waals surface area contributed by atoms with E-state index in [2.05, 4.69) is 0 Å². The number of thiophene rings is 1. The molecule has 2 aromatic rings. The number of rotatable bonds is 1. The van der Waals surface area contributed by atoms with Gasteiger partial charge in [-0.1, -0.05) is 6.07 Å². The van der Waals surface area contributed by atoms with Gasteiger partial charge in [-0.2, -0.15) is 5.26 Å². The number of halogens is 1. The first-order chi connectivity index (χ1) is 7.20. The maximum atomic E-state index is 13.1. The predicted octanol–water partition coefficient (Wildman–Crippen LogP) is 3.73. The van der Waals surface area contributed by atoms with E-state index in [4.69, 9.17) is 5.26 Å². The number of nitriles is 1. The van der Waals surface area contributed by atoms with E-state index in [9.17, 15) is 4.39 Å². The quantitative estimate of drug-likeness (QED) is 0.714. The van der Waals surface area contributed by atoms with Crippen molar-refractivity contribution in [1.29, 1.82) is 5.26 Å². The Balaban J connectivity index is 2.51. The van der Waals surface area contributed by atoms with Crippen molar-refractivity contribution < 1.29 is 4.39 Å². The Morgan fingerprint density at radius 2 is 2.07 bits per heavy atom. The first kappa shape index (κ1) is 9.88. The second-order valence-electron chi connectivity index (χ2n) is 3.22. The van der Waals surface area contributed by atoms with Gasteiger partial charge in [-0.05, 0) is 36.8 Å². The first-order valence-electron chi connectivity index (χ1n) is 4.47. The number of hydrogen-bond donors (Lipinski definition) is 0. The lowest BCUT2D eigenvalue weighted by Crippen LogP contribution is -1.83. The van der Waals surface area contributed by atoms with Crippen LogP contribution in [0, 0.1) is 24.1 Å². The van der Waals surface area contributed by atoms with Gasteiger partial charge in [-0.3, -0.25) is 0 Å². The highest BCUT2D eigenvalue weighted by molar-refractivity contribution is 7.15. The van der Waals surface area contributed by atoms with Crippen LogP contribution in [0.1, 0.15) is 10.4 Å². The summed E-state index contributed by atoms with van der Waals surface area (Å²) < 4.78 is 13.1. The van der Waals surface area contributed by atoms with Crippen LogP contribution in [0.15, 0.2) is 30.3 Å². The third kappa shape index (κ3) is 1.90. The summed E-state index contributed by atoms with van der Waals surface area (Å²) in [7, 11) is 0. The second kappa shape index (κ2) is 3.84. The van der Waals surface area contributed by atoms with E-state index in [0.29, 0.717) is 0 Å². The molecule has 0 N–H and O–H groups in total. The Kier molecular flexibility index (Phi) is 2.53. The Morgan fingerprint density at radius 3 is 2.67 bits per heavy atom. The van der Waals surface area contributed by atoms with Crippen LogP contribution in [0.3, 0.4) is 0 Å². The maximum Gasteiger partial charge on any atom is 0.140 e. The van der Waals surface area contributed by atoms with Gasteiger partial charge in [0.25, 0.3) is 0 Å². The molecule has 0 aliphatic rings. The average molecular weight is 217 g/mol. The van der Waals surface area contributed by atoms with Gasteiger partial charge in [0.2, 0.25) is 0 Å². The molecule has 0 bridgehead atoms. The first-order valence-corrected chi connectivity index (χ1v) is 5.29. The molecule has 0 aliphatic carbocycles. The molecule has 0 saturated carbocycles. The van der Waals surface area contributed by atoms with Crippen LogP contribution in [0.4, 0.5) is 4.39 Å². The zero-order valence-electron chi connectivity index (χ0n) is 8.12. The van der Waals surface area contributed by atoms with E-state index in [-0.39, 0.29) is 5.56 Å². The molecule has 0 radical (unpaired) electrons. The average Bonchev–Trinajstić information content (AvgIpc) is 2.66. The molecular weight excluding hydrogens is 209 g/mol. The molecule has 0 aliphatic heterocycles. The van der Waals surface area contributed by atoms with Crippen molar-refractivity contribution in [2.75, 3.05) is 0 Å². The largest absolute Gasteiger partial charge is 0.206 e. The number of hydrogen-bond acceptors (Lipinski definition) is 2. The molecule has 0 spiro atoms. The molecule has 1 aromatic heterocycles.